The van der Waals surface area contributed by atoms with Crippen molar-refractivity contribution >= 4 is 47.4 Å². The SMILES string of the molecule is CCCCCCCCCCCCCCCCCCOC(=O)CCSCCC(=O)OCCCCCCCCCCCCCCCCCC.CCCCCCCCCCCCOC(=O)CCSCCC(=O)OCCCCCCCCCCCC. The summed E-state index contributed by atoms with van der Waals surface area (Å²) in [6, 6.07) is 0. The maximum atomic E-state index is 12.0. The minimum absolute atomic E-state index is 0.107. The van der Waals surface area contributed by atoms with Crippen molar-refractivity contribution in [2.24, 2.45) is 0 Å². The van der Waals surface area contributed by atoms with Crippen LogP contribution in [0.1, 0.15) is 387 Å². The lowest BCUT2D eigenvalue weighted by atomic mass is 10.0. The lowest BCUT2D eigenvalue weighted by molar-refractivity contribution is -0.144. The molecule has 0 spiro atoms. The summed E-state index contributed by atoms with van der Waals surface area (Å²) in [7, 11) is 0. The number of hydrogen-bond donors (Lipinski definition) is 0. The number of esters is 4. The summed E-state index contributed by atoms with van der Waals surface area (Å²) < 4.78 is 21.4. The number of thioether (sulfide) groups is 2. The van der Waals surface area contributed by atoms with Crippen LogP contribution in [-0.2, 0) is 38.1 Å². The van der Waals surface area contributed by atoms with Crippen LogP contribution in [0.5, 0.6) is 0 Å². The molecule has 0 aromatic rings. The van der Waals surface area contributed by atoms with Crippen molar-refractivity contribution in [3.8, 4) is 0 Å². The van der Waals surface area contributed by atoms with Crippen LogP contribution in [0.4, 0.5) is 0 Å². The van der Waals surface area contributed by atoms with Gasteiger partial charge in [0.15, 0.2) is 0 Å². The van der Waals surface area contributed by atoms with E-state index in [0.717, 1.165) is 51.4 Å². The predicted octanol–water partition coefficient (Wildman–Crippen LogP) is 23.5. The highest BCUT2D eigenvalue weighted by Gasteiger charge is 2.08. The molecule has 0 fully saturated rings. The molecule has 0 atom stereocenters. The summed E-state index contributed by atoms with van der Waals surface area (Å²) in [5.74, 6) is 2.41. The highest BCUT2D eigenvalue weighted by molar-refractivity contribution is 7.99. The molecule has 0 aliphatic rings. The smallest absolute Gasteiger partial charge is 0.306 e. The molecule has 488 valence electrons. The van der Waals surface area contributed by atoms with Crippen molar-refractivity contribution in [1.82, 2.24) is 0 Å². The van der Waals surface area contributed by atoms with Crippen LogP contribution in [0, 0.1) is 0 Å². The number of rotatable bonds is 68. The number of ether oxygens (including phenoxy) is 4. The molecule has 0 saturated carbocycles. The molecule has 82 heavy (non-hydrogen) atoms. The predicted molar refractivity (Wildman–Crippen MR) is 360 cm³/mol. The first kappa shape index (κ1) is 82.6. The second-order valence-corrected chi connectivity index (χ2v) is 26.5. The van der Waals surface area contributed by atoms with E-state index < -0.39 is 0 Å². The Morgan fingerprint density at radius 3 is 0.451 bits per heavy atom. The van der Waals surface area contributed by atoms with Gasteiger partial charge in [-0.05, 0) is 25.7 Å². The zero-order valence-corrected chi connectivity index (χ0v) is 57.0. The highest BCUT2D eigenvalue weighted by atomic mass is 32.2. The number of hydrogen-bond acceptors (Lipinski definition) is 10. The summed E-state index contributed by atoms with van der Waals surface area (Å²) in [4.78, 5) is 47.5. The van der Waals surface area contributed by atoms with Crippen LogP contribution in [0.2, 0.25) is 0 Å². The summed E-state index contributed by atoms with van der Waals surface area (Å²) in [6.45, 7) is 11.3. The molecule has 0 heterocycles. The Labute approximate surface area is 519 Å². The van der Waals surface area contributed by atoms with Gasteiger partial charge in [-0.3, -0.25) is 19.2 Å². The number of unbranched alkanes of at least 4 members (excludes halogenated alkanes) is 48. The van der Waals surface area contributed by atoms with E-state index in [1.165, 1.54) is 283 Å². The molecule has 0 radical (unpaired) electrons. The van der Waals surface area contributed by atoms with Gasteiger partial charge in [0, 0.05) is 23.0 Å². The second-order valence-electron chi connectivity index (χ2n) is 24.1. The molecule has 0 bridgehead atoms. The fraction of sp³-hybridized carbons (Fsp3) is 0.944. The van der Waals surface area contributed by atoms with Gasteiger partial charge in [-0.25, -0.2) is 0 Å². The maximum Gasteiger partial charge on any atom is 0.306 e. The standard InChI is InChI=1S/C42H82O4S.C30H58O4S/c1-3-5-7-9-11-13-15-17-19-21-23-25-27-29-31-33-37-45-41(43)35-39-47-40-36-42(44)46-38-34-32-30-28-26-24-22-20-18-16-14-12-10-8-6-4-2;1-3-5-7-9-11-13-15-17-19-21-25-33-29(31)23-27-35-28-24-30(32)34-26-22-20-18-16-14-12-10-8-6-4-2/h3-40H2,1-2H3;3-28H2,1-2H3. The minimum atomic E-state index is -0.114. The largest absolute Gasteiger partial charge is 0.466 e. The summed E-state index contributed by atoms with van der Waals surface area (Å²) in [5.41, 5.74) is 0. The van der Waals surface area contributed by atoms with E-state index in [1.807, 2.05) is 0 Å². The third-order valence-electron chi connectivity index (χ3n) is 15.8. The van der Waals surface area contributed by atoms with Crippen LogP contribution in [0.15, 0.2) is 0 Å². The molecule has 0 aromatic carbocycles. The van der Waals surface area contributed by atoms with E-state index in [9.17, 15) is 19.2 Å². The topological polar surface area (TPSA) is 105 Å². The Hall–Kier alpha value is -1.42. The first-order chi connectivity index (χ1) is 40.4. The van der Waals surface area contributed by atoms with E-state index in [2.05, 4.69) is 27.7 Å². The van der Waals surface area contributed by atoms with Crippen molar-refractivity contribution in [3.05, 3.63) is 0 Å². The molecular formula is C72H140O8S2. The van der Waals surface area contributed by atoms with Crippen molar-refractivity contribution in [2.45, 2.75) is 387 Å². The van der Waals surface area contributed by atoms with Gasteiger partial charge in [0.05, 0.1) is 52.1 Å². The second kappa shape index (κ2) is 75.7. The van der Waals surface area contributed by atoms with E-state index in [4.69, 9.17) is 18.9 Å². The Morgan fingerprint density at radius 2 is 0.317 bits per heavy atom. The van der Waals surface area contributed by atoms with E-state index in [-0.39, 0.29) is 23.9 Å². The Bertz CT molecular complexity index is 1180. The molecule has 0 aliphatic carbocycles. The Balaban J connectivity index is 0. The normalized spacial score (nSPS) is 11.2. The monoisotopic (exact) mass is 1200 g/mol. The van der Waals surface area contributed by atoms with Gasteiger partial charge in [-0.2, -0.15) is 23.5 Å². The van der Waals surface area contributed by atoms with Gasteiger partial charge >= 0.3 is 23.9 Å². The molecule has 0 amide bonds. The fourth-order valence-corrected chi connectivity index (χ4v) is 12.0. The summed E-state index contributed by atoms with van der Waals surface area (Å²) in [5, 5.41) is 0. The Morgan fingerprint density at radius 1 is 0.195 bits per heavy atom. The molecule has 0 unspecified atom stereocenters. The average Bonchev–Trinajstić information content (AvgIpc) is 3.47. The molecular weight excluding hydrogens is 1060 g/mol. The minimum Gasteiger partial charge on any atom is -0.466 e. The van der Waals surface area contributed by atoms with Crippen LogP contribution < -0.4 is 0 Å². The third kappa shape index (κ3) is 76.6. The molecule has 0 aromatic heterocycles. The quantitative estimate of drug-likeness (QED) is 0.0332. The lowest BCUT2D eigenvalue weighted by Gasteiger charge is -2.06. The van der Waals surface area contributed by atoms with Crippen molar-refractivity contribution < 1.29 is 38.1 Å². The molecule has 0 saturated heterocycles. The van der Waals surface area contributed by atoms with Crippen LogP contribution in [0.25, 0.3) is 0 Å². The first-order valence-electron chi connectivity index (χ1n) is 36.2. The van der Waals surface area contributed by atoms with Gasteiger partial charge < -0.3 is 18.9 Å². The van der Waals surface area contributed by atoms with Gasteiger partial charge in [0.2, 0.25) is 0 Å². The van der Waals surface area contributed by atoms with Gasteiger partial charge in [-0.15, -0.1) is 0 Å². The fourth-order valence-electron chi connectivity index (χ4n) is 10.3. The molecule has 8 nitrogen and oxygen atoms in total. The van der Waals surface area contributed by atoms with E-state index in [1.54, 1.807) is 23.5 Å². The molecule has 10 heteroatoms. The summed E-state index contributed by atoms with van der Waals surface area (Å²) >= 11 is 3.27. The van der Waals surface area contributed by atoms with Gasteiger partial charge in [0.1, 0.15) is 0 Å². The zero-order chi connectivity index (χ0) is 59.8. The van der Waals surface area contributed by atoms with Crippen LogP contribution in [0.3, 0.4) is 0 Å². The molecule has 0 rings (SSSR count). The van der Waals surface area contributed by atoms with Crippen LogP contribution in [-0.4, -0.2) is 73.3 Å². The van der Waals surface area contributed by atoms with Crippen LogP contribution >= 0.6 is 23.5 Å². The summed E-state index contributed by atoms with van der Waals surface area (Å²) in [6.07, 6.45) is 70.5. The van der Waals surface area contributed by atoms with E-state index in [0.29, 0.717) is 75.1 Å². The third-order valence-corrected chi connectivity index (χ3v) is 17.8. The zero-order valence-electron chi connectivity index (χ0n) is 55.3. The highest BCUT2D eigenvalue weighted by Crippen LogP contribution is 2.18. The maximum absolute atomic E-state index is 12.0. The van der Waals surface area contributed by atoms with Crippen molar-refractivity contribution in [2.75, 3.05) is 49.4 Å². The van der Waals surface area contributed by atoms with Gasteiger partial charge in [0.25, 0.3) is 0 Å². The number of carbonyl (C=O) groups is 4. The van der Waals surface area contributed by atoms with E-state index >= 15 is 0 Å². The average molecular weight is 1200 g/mol. The number of carbonyl (C=O) groups excluding carboxylic acids is 4. The van der Waals surface area contributed by atoms with Crippen molar-refractivity contribution in [1.29, 1.82) is 0 Å². The molecule has 0 N–H and O–H groups in total. The lowest BCUT2D eigenvalue weighted by Crippen LogP contribution is -2.09. The first-order valence-corrected chi connectivity index (χ1v) is 38.5. The van der Waals surface area contributed by atoms with Gasteiger partial charge in [-0.1, -0.05) is 336 Å². The Kier molecular flexibility index (Phi) is 76.3. The molecule has 0 aliphatic heterocycles. The van der Waals surface area contributed by atoms with Crippen molar-refractivity contribution in [3.63, 3.8) is 0 Å².